The highest BCUT2D eigenvalue weighted by atomic mass is 35.5. The smallest absolute Gasteiger partial charge is 0.211 e. The van der Waals surface area contributed by atoms with Crippen molar-refractivity contribution in [2.45, 2.75) is 9.96 Å². The van der Waals surface area contributed by atoms with Crippen LogP contribution in [0, 0.1) is 0 Å². The Morgan fingerprint density at radius 1 is 1.27 bits per heavy atom. The molecule has 0 aliphatic heterocycles. The molecule has 0 N–H and O–H groups in total. The van der Waals surface area contributed by atoms with Crippen molar-refractivity contribution in [2.75, 3.05) is 0 Å². The molecule has 0 saturated heterocycles. The zero-order valence-corrected chi connectivity index (χ0v) is 7.19. The van der Waals surface area contributed by atoms with Gasteiger partial charge in [0.05, 0.1) is 0 Å². The van der Waals surface area contributed by atoms with Crippen molar-refractivity contribution in [3.05, 3.63) is 0 Å². The van der Waals surface area contributed by atoms with Crippen LogP contribution < -0.4 is 0 Å². The summed E-state index contributed by atoms with van der Waals surface area (Å²) in [6.07, 6.45) is 2.20. The summed E-state index contributed by atoms with van der Waals surface area (Å²) in [5.74, 6) is 0. The highest BCUT2D eigenvalue weighted by Gasteiger charge is 2.33. The molecule has 0 fully saturated rings. The molecule has 0 aromatic heterocycles. The van der Waals surface area contributed by atoms with Crippen LogP contribution in [0.2, 0.25) is 0 Å². The minimum absolute atomic E-state index is 1.08. The summed E-state index contributed by atoms with van der Waals surface area (Å²) in [4.78, 5) is 25.1. The summed E-state index contributed by atoms with van der Waals surface area (Å²) in [6.45, 7) is 0. The fourth-order valence-electron chi connectivity index (χ4n) is 0.238. The van der Waals surface area contributed by atoms with E-state index in [4.69, 9.17) is 34.8 Å². The molecule has 0 aliphatic carbocycles. The van der Waals surface area contributed by atoms with Crippen LogP contribution in [-0.2, 0) is 9.59 Å². The number of hydrogen-bond acceptors (Lipinski definition) is 4. The Morgan fingerprint density at radius 3 is 2.18 bits per heavy atom. The number of nitrogens with zero attached hydrogens (tertiary/aromatic N) is 2. The molecule has 0 saturated carbocycles. The molecule has 0 radical (unpaired) electrons. The Hall–Kier alpha value is -0.370. The van der Waals surface area contributed by atoms with Crippen LogP contribution >= 0.6 is 34.8 Å². The van der Waals surface area contributed by atoms with Gasteiger partial charge in [-0.25, -0.2) is 9.59 Å². The number of halogens is 3. The lowest BCUT2D eigenvalue weighted by Gasteiger charge is -2.12. The second-order valence-corrected chi connectivity index (χ2v) is 3.11. The summed E-state index contributed by atoms with van der Waals surface area (Å²) < 4.78 is -1.96. The summed E-state index contributed by atoms with van der Waals surface area (Å²) in [5.41, 5.74) is -1.34. The molecule has 0 bridgehead atoms. The first-order valence-corrected chi connectivity index (χ1v) is 3.41. The van der Waals surface area contributed by atoms with Gasteiger partial charge in [-0.2, -0.15) is 9.98 Å². The molecule has 11 heavy (non-hydrogen) atoms. The van der Waals surface area contributed by atoms with E-state index in [1.54, 1.807) is 0 Å². The van der Waals surface area contributed by atoms with E-state index in [2.05, 4.69) is 9.98 Å². The summed E-state index contributed by atoms with van der Waals surface area (Å²) in [7, 11) is 0. The normalized spacial score (nSPS) is 12.6. The van der Waals surface area contributed by atoms with Gasteiger partial charge in [0.15, 0.2) is 5.50 Å². The molecule has 60 valence electrons. The van der Waals surface area contributed by atoms with Gasteiger partial charge < -0.3 is 0 Å². The quantitative estimate of drug-likeness (QED) is 0.309. The minimum atomic E-state index is -1.96. The number of hydrogen-bond donors (Lipinski definition) is 0. The maximum atomic E-state index is 9.67. The molecule has 7 heteroatoms. The van der Waals surface area contributed by atoms with Crippen molar-refractivity contribution in [2.24, 2.45) is 9.98 Å². The zero-order valence-electron chi connectivity index (χ0n) is 4.92. The van der Waals surface area contributed by atoms with Gasteiger partial charge in [0.25, 0.3) is 4.46 Å². The van der Waals surface area contributed by atoms with E-state index in [1.165, 1.54) is 0 Å². The first kappa shape index (κ1) is 10.6. The Kier molecular flexibility index (Phi) is 4.34. The van der Waals surface area contributed by atoms with E-state index >= 15 is 0 Å². The second kappa shape index (κ2) is 4.50. The predicted octanol–water partition coefficient (Wildman–Crippen LogP) is 1.35. The Morgan fingerprint density at radius 2 is 1.82 bits per heavy atom. The van der Waals surface area contributed by atoms with Crippen LogP contribution in [0.1, 0.15) is 0 Å². The second-order valence-electron chi connectivity index (χ2n) is 1.35. The van der Waals surface area contributed by atoms with Crippen LogP contribution in [-0.4, -0.2) is 22.1 Å². The highest BCUT2D eigenvalue weighted by Crippen LogP contribution is 2.30. The fraction of sp³-hybridized carbons (Fsp3) is 0.500. The van der Waals surface area contributed by atoms with Gasteiger partial charge in [0.2, 0.25) is 12.2 Å². The van der Waals surface area contributed by atoms with Crippen molar-refractivity contribution < 1.29 is 9.59 Å². The van der Waals surface area contributed by atoms with Gasteiger partial charge in [-0.1, -0.05) is 34.8 Å². The molecule has 1 atom stereocenters. The van der Waals surface area contributed by atoms with E-state index in [1.807, 2.05) is 0 Å². The van der Waals surface area contributed by atoms with E-state index < -0.39 is 9.96 Å². The molecule has 1 unspecified atom stereocenters. The van der Waals surface area contributed by atoms with Gasteiger partial charge >= 0.3 is 0 Å². The van der Waals surface area contributed by atoms with Crippen LogP contribution in [0.25, 0.3) is 0 Å². The molecule has 0 rings (SSSR count). The maximum absolute atomic E-state index is 9.67. The lowest BCUT2D eigenvalue weighted by Crippen LogP contribution is -2.21. The predicted molar refractivity (Wildman–Crippen MR) is 40.3 cm³/mol. The van der Waals surface area contributed by atoms with Crippen LogP contribution in [0.3, 0.4) is 0 Å². The fourth-order valence-corrected chi connectivity index (χ4v) is 0.493. The summed E-state index contributed by atoms with van der Waals surface area (Å²) in [5, 5.41) is 0. The molecule has 0 amide bonds. The average molecular weight is 215 g/mol. The molecule has 0 spiro atoms. The van der Waals surface area contributed by atoms with E-state index in [0.29, 0.717) is 0 Å². The van der Waals surface area contributed by atoms with Crippen molar-refractivity contribution in [3.63, 3.8) is 0 Å². The van der Waals surface area contributed by atoms with Gasteiger partial charge in [0.1, 0.15) is 0 Å². The standard InChI is InChI=1S/C4HCl3N2O2/c5-3(8-1-10)4(6,7)9-2-11/h3H. The molecule has 0 aromatic rings. The minimum Gasteiger partial charge on any atom is -0.211 e. The first-order valence-electron chi connectivity index (χ1n) is 2.22. The van der Waals surface area contributed by atoms with Gasteiger partial charge in [0, 0.05) is 0 Å². The zero-order chi connectivity index (χ0) is 8.91. The van der Waals surface area contributed by atoms with E-state index in [9.17, 15) is 9.59 Å². The molecule has 0 aromatic carbocycles. The third-order valence-corrected chi connectivity index (χ3v) is 1.87. The SMILES string of the molecule is O=C=NC(Cl)C(Cl)(Cl)N=C=O. The van der Waals surface area contributed by atoms with Crippen molar-refractivity contribution >= 4 is 47.0 Å². The van der Waals surface area contributed by atoms with Crippen LogP contribution in [0.4, 0.5) is 0 Å². The largest absolute Gasteiger partial charge is 0.256 e. The number of aliphatic imine (C=N–C) groups is 2. The molecular formula is C4HCl3N2O2. The van der Waals surface area contributed by atoms with E-state index in [0.717, 1.165) is 12.2 Å². The number of rotatable bonds is 3. The molecule has 4 nitrogen and oxygen atoms in total. The van der Waals surface area contributed by atoms with Crippen molar-refractivity contribution in [1.29, 1.82) is 0 Å². The maximum Gasteiger partial charge on any atom is 0.256 e. The monoisotopic (exact) mass is 214 g/mol. The third kappa shape index (κ3) is 3.51. The number of carbonyl (C=O) groups excluding carboxylic acids is 2. The summed E-state index contributed by atoms with van der Waals surface area (Å²) >= 11 is 15.9. The van der Waals surface area contributed by atoms with Gasteiger partial charge in [-0.3, -0.25) is 0 Å². The first-order chi connectivity index (χ1) is 5.04. The Labute approximate surface area is 76.9 Å². The molecule has 0 heterocycles. The summed E-state index contributed by atoms with van der Waals surface area (Å²) in [6, 6.07) is 0. The van der Waals surface area contributed by atoms with E-state index in [-0.39, 0.29) is 0 Å². The molecule has 0 aliphatic rings. The highest BCUT2D eigenvalue weighted by molar-refractivity contribution is 6.52. The Bertz CT molecular complexity index is 229. The number of alkyl halides is 3. The lowest BCUT2D eigenvalue weighted by atomic mass is 10.6. The van der Waals surface area contributed by atoms with Crippen molar-refractivity contribution in [1.82, 2.24) is 0 Å². The van der Waals surface area contributed by atoms with Crippen LogP contribution in [0.15, 0.2) is 9.98 Å². The topological polar surface area (TPSA) is 58.9 Å². The molecular weight excluding hydrogens is 214 g/mol. The van der Waals surface area contributed by atoms with Crippen LogP contribution in [0.5, 0.6) is 0 Å². The number of isocyanates is 2. The van der Waals surface area contributed by atoms with Gasteiger partial charge in [-0.05, 0) is 0 Å². The van der Waals surface area contributed by atoms with Crippen molar-refractivity contribution in [3.8, 4) is 0 Å². The van der Waals surface area contributed by atoms with Gasteiger partial charge in [-0.15, -0.1) is 0 Å². The lowest BCUT2D eigenvalue weighted by molar-refractivity contribution is 0.554. The Balaban J connectivity index is 4.52. The third-order valence-electron chi connectivity index (χ3n) is 0.647. The average Bonchev–Trinajstić information content (AvgIpc) is 1.88.